The fourth-order valence-electron chi connectivity index (χ4n) is 3.89. The zero-order chi connectivity index (χ0) is 23.4. The Morgan fingerprint density at radius 1 is 1.00 bits per heavy atom. The summed E-state index contributed by atoms with van der Waals surface area (Å²) in [6.45, 7) is 2.01. The van der Waals surface area contributed by atoms with Crippen molar-refractivity contribution >= 4 is 21.6 Å². The Kier molecular flexibility index (Phi) is 6.67. The van der Waals surface area contributed by atoms with E-state index >= 15 is 0 Å². The van der Waals surface area contributed by atoms with E-state index in [9.17, 15) is 13.2 Å². The third kappa shape index (κ3) is 4.86. The quantitative estimate of drug-likeness (QED) is 0.551. The molecule has 0 aromatic heterocycles. The fourth-order valence-corrected chi connectivity index (χ4v) is 5.79. The van der Waals surface area contributed by atoms with Crippen LogP contribution in [0.4, 0.5) is 5.69 Å². The normalized spacial score (nSPS) is 16.4. The number of rotatable bonds is 7. The second-order valence-corrected chi connectivity index (χ2v) is 9.66. The van der Waals surface area contributed by atoms with Crippen molar-refractivity contribution in [1.82, 2.24) is 4.31 Å². The molecular formula is C25H26N2O5S. The number of sulfonamides is 1. The van der Waals surface area contributed by atoms with Gasteiger partial charge in [-0.15, -0.1) is 0 Å². The number of benzene rings is 3. The Morgan fingerprint density at radius 2 is 1.73 bits per heavy atom. The van der Waals surface area contributed by atoms with Gasteiger partial charge in [-0.05, 0) is 55.7 Å². The molecule has 1 atom stereocenters. The van der Waals surface area contributed by atoms with Gasteiger partial charge in [0.2, 0.25) is 15.9 Å². The molecule has 0 spiro atoms. The van der Waals surface area contributed by atoms with Gasteiger partial charge >= 0.3 is 0 Å². The number of anilines is 1. The van der Waals surface area contributed by atoms with Crippen molar-refractivity contribution in [3.8, 4) is 17.2 Å². The van der Waals surface area contributed by atoms with Crippen molar-refractivity contribution in [3.05, 3.63) is 78.4 Å². The van der Waals surface area contributed by atoms with Gasteiger partial charge < -0.3 is 14.8 Å². The lowest BCUT2D eigenvalue weighted by Gasteiger charge is -2.24. The van der Waals surface area contributed by atoms with E-state index in [2.05, 4.69) is 5.32 Å². The molecule has 33 heavy (non-hydrogen) atoms. The maximum Gasteiger partial charge on any atom is 0.244 e. The molecule has 1 saturated heterocycles. The summed E-state index contributed by atoms with van der Waals surface area (Å²) in [7, 11) is -2.40. The molecule has 0 saturated carbocycles. The molecule has 172 valence electrons. The van der Waals surface area contributed by atoms with Crippen LogP contribution >= 0.6 is 0 Å². The van der Waals surface area contributed by atoms with Crippen LogP contribution in [0.5, 0.6) is 17.2 Å². The van der Waals surface area contributed by atoms with Gasteiger partial charge in [0.25, 0.3) is 0 Å². The Balaban J connectivity index is 1.57. The monoisotopic (exact) mass is 466 g/mol. The molecule has 1 heterocycles. The Hall–Kier alpha value is -3.36. The number of carbonyl (C=O) groups excluding carboxylic acids is 1. The number of nitrogens with zero attached hydrogens (tertiary/aromatic N) is 1. The lowest BCUT2D eigenvalue weighted by atomic mass is 10.2. The number of ether oxygens (including phenoxy) is 2. The average molecular weight is 467 g/mol. The highest BCUT2D eigenvalue weighted by Gasteiger charge is 2.40. The number of carbonyl (C=O) groups is 1. The summed E-state index contributed by atoms with van der Waals surface area (Å²) in [6.07, 6.45) is 1.04. The molecule has 3 aromatic rings. The molecule has 0 aliphatic carbocycles. The number of amides is 1. The smallest absolute Gasteiger partial charge is 0.244 e. The highest BCUT2D eigenvalue weighted by molar-refractivity contribution is 7.89. The molecule has 1 fully saturated rings. The van der Waals surface area contributed by atoms with E-state index in [1.807, 2.05) is 36.4 Å². The highest BCUT2D eigenvalue weighted by atomic mass is 32.2. The van der Waals surface area contributed by atoms with Gasteiger partial charge in [0.15, 0.2) is 5.75 Å². The molecular weight excluding hydrogens is 440 g/mol. The molecule has 7 nitrogen and oxygen atoms in total. The summed E-state index contributed by atoms with van der Waals surface area (Å²) in [5.41, 5.74) is 1.08. The van der Waals surface area contributed by atoms with E-state index in [1.165, 1.54) is 17.5 Å². The van der Waals surface area contributed by atoms with Gasteiger partial charge in [-0.1, -0.05) is 36.4 Å². The molecule has 1 aliphatic rings. The minimum absolute atomic E-state index is 0.148. The van der Waals surface area contributed by atoms with Crippen LogP contribution in [0.25, 0.3) is 0 Å². The summed E-state index contributed by atoms with van der Waals surface area (Å²) in [5, 5.41) is 2.87. The third-order valence-electron chi connectivity index (χ3n) is 5.60. The zero-order valence-corrected chi connectivity index (χ0v) is 19.3. The van der Waals surface area contributed by atoms with Crippen molar-refractivity contribution in [2.45, 2.75) is 30.7 Å². The molecule has 1 aliphatic heterocycles. The first-order valence-electron chi connectivity index (χ1n) is 10.7. The predicted octanol–water partition coefficient (Wildman–Crippen LogP) is 4.59. The van der Waals surface area contributed by atoms with Gasteiger partial charge in [0.05, 0.1) is 17.7 Å². The van der Waals surface area contributed by atoms with Crippen LogP contribution in [0.15, 0.2) is 77.7 Å². The van der Waals surface area contributed by atoms with E-state index in [0.717, 1.165) is 0 Å². The first kappa shape index (κ1) is 22.8. The second kappa shape index (κ2) is 9.64. The largest absolute Gasteiger partial charge is 0.497 e. The van der Waals surface area contributed by atoms with Crippen molar-refractivity contribution < 1.29 is 22.7 Å². The highest BCUT2D eigenvalue weighted by Crippen LogP contribution is 2.33. The molecule has 4 rings (SSSR count). The summed E-state index contributed by atoms with van der Waals surface area (Å²) < 4.78 is 39.3. The minimum Gasteiger partial charge on any atom is -0.497 e. The summed E-state index contributed by atoms with van der Waals surface area (Å²) in [6, 6.07) is 20.4. The van der Waals surface area contributed by atoms with Crippen LogP contribution in [0, 0.1) is 6.92 Å². The van der Waals surface area contributed by atoms with E-state index in [4.69, 9.17) is 9.47 Å². The van der Waals surface area contributed by atoms with Crippen LogP contribution in [-0.2, 0) is 14.8 Å². The van der Waals surface area contributed by atoms with Gasteiger partial charge in [-0.2, -0.15) is 4.31 Å². The standard InChI is InChI=1S/C25H26N2O5S/c1-18-14-15-20(31-2)17-24(18)33(29,30)27-16-8-12-22(27)25(28)26-21-11-6-7-13-23(21)32-19-9-4-3-5-10-19/h3-7,9-11,13-15,17,22H,8,12,16H2,1-2H3,(H,26,28). The topological polar surface area (TPSA) is 84.9 Å². The lowest BCUT2D eigenvalue weighted by molar-refractivity contribution is -0.119. The third-order valence-corrected chi connectivity index (χ3v) is 7.65. The van der Waals surface area contributed by atoms with E-state index in [0.29, 0.717) is 41.3 Å². The second-order valence-electron chi connectivity index (χ2n) is 7.81. The number of aryl methyl sites for hydroxylation is 1. The van der Waals surface area contributed by atoms with Gasteiger partial charge in [0.1, 0.15) is 17.5 Å². The van der Waals surface area contributed by atoms with Gasteiger partial charge in [0, 0.05) is 12.6 Å². The maximum absolute atomic E-state index is 13.5. The molecule has 8 heteroatoms. The van der Waals surface area contributed by atoms with Gasteiger partial charge in [-0.25, -0.2) is 8.42 Å². The molecule has 0 bridgehead atoms. The van der Waals surface area contributed by atoms with Crippen LogP contribution in [0.1, 0.15) is 18.4 Å². The summed E-state index contributed by atoms with van der Waals surface area (Å²) in [4.78, 5) is 13.4. The SMILES string of the molecule is COc1ccc(C)c(S(=O)(=O)N2CCCC2C(=O)Nc2ccccc2Oc2ccccc2)c1. The number of methoxy groups -OCH3 is 1. The van der Waals surface area contributed by atoms with E-state index in [-0.39, 0.29) is 17.3 Å². The average Bonchev–Trinajstić information content (AvgIpc) is 3.32. The van der Waals surface area contributed by atoms with Crippen LogP contribution < -0.4 is 14.8 Å². The Morgan fingerprint density at radius 3 is 2.48 bits per heavy atom. The predicted molar refractivity (Wildman–Crippen MR) is 126 cm³/mol. The number of nitrogens with one attached hydrogen (secondary N) is 1. The van der Waals surface area contributed by atoms with Crippen molar-refractivity contribution in [2.75, 3.05) is 19.0 Å². The Bertz CT molecular complexity index is 1240. The van der Waals surface area contributed by atoms with Crippen molar-refractivity contribution in [2.24, 2.45) is 0 Å². The van der Waals surface area contributed by atoms with Gasteiger partial charge in [-0.3, -0.25) is 4.79 Å². The number of para-hydroxylation sites is 3. The maximum atomic E-state index is 13.5. The summed E-state index contributed by atoms with van der Waals surface area (Å²) in [5.74, 6) is 1.18. The van der Waals surface area contributed by atoms with E-state index < -0.39 is 16.1 Å². The first-order chi connectivity index (χ1) is 15.9. The van der Waals surface area contributed by atoms with E-state index in [1.54, 1.807) is 37.3 Å². The number of hydrogen-bond donors (Lipinski definition) is 1. The minimum atomic E-state index is -3.89. The molecule has 3 aromatic carbocycles. The molecule has 1 unspecified atom stereocenters. The van der Waals surface area contributed by atoms with Crippen LogP contribution in [0.3, 0.4) is 0 Å². The summed E-state index contributed by atoms with van der Waals surface area (Å²) >= 11 is 0. The number of hydrogen-bond acceptors (Lipinski definition) is 5. The van der Waals surface area contributed by atoms with Crippen molar-refractivity contribution in [3.63, 3.8) is 0 Å². The zero-order valence-electron chi connectivity index (χ0n) is 18.5. The van der Waals surface area contributed by atoms with Crippen LogP contribution in [-0.4, -0.2) is 38.3 Å². The molecule has 0 radical (unpaired) electrons. The first-order valence-corrected chi connectivity index (χ1v) is 12.1. The molecule has 1 N–H and O–H groups in total. The van der Waals surface area contributed by atoms with Crippen LogP contribution in [0.2, 0.25) is 0 Å². The molecule has 1 amide bonds. The van der Waals surface area contributed by atoms with Crippen molar-refractivity contribution in [1.29, 1.82) is 0 Å². The Labute approximate surface area is 194 Å². The fraction of sp³-hybridized carbons (Fsp3) is 0.240. The lowest BCUT2D eigenvalue weighted by Crippen LogP contribution is -2.43.